The molecule has 6 aromatic carbocycles. The maximum Gasteiger partial charge on any atom is 0.231 e. The summed E-state index contributed by atoms with van der Waals surface area (Å²) in [6.07, 6.45) is 0. The molecule has 0 amide bonds. The molecule has 4 heterocycles. The molecule has 2 N–H and O–H groups in total. The van der Waals surface area contributed by atoms with Crippen LogP contribution in [0.3, 0.4) is 0 Å². The van der Waals surface area contributed by atoms with Crippen LogP contribution in [0.2, 0.25) is 0 Å². The quantitative estimate of drug-likeness (QED) is 0.173. The Balaban J connectivity index is 1.31. The molecular formula is C37H20N4O6. The topological polar surface area (TPSA) is 140 Å². The Labute approximate surface area is 263 Å². The van der Waals surface area contributed by atoms with Crippen LogP contribution in [0, 0.1) is 0 Å². The fourth-order valence-corrected chi connectivity index (χ4v) is 6.50. The SMILES string of the molecule is C=Nc1c2ccc3ccc4oc(nc4c13)-c1cccc(c1O)-c1nc3c(ccc4ccc5oc(nc5c43)-c3cccc(c3O)CO2)o1. The summed E-state index contributed by atoms with van der Waals surface area (Å²) in [7, 11) is 0. The molecule has 0 unspecified atom stereocenters. The van der Waals surface area contributed by atoms with Gasteiger partial charge in [0.25, 0.3) is 0 Å². The second-order valence-corrected chi connectivity index (χ2v) is 11.4. The van der Waals surface area contributed by atoms with Gasteiger partial charge in [0.1, 0.15) is 46.1 Å². The summed E-state index contributed by atoms with van der Waals surface area (Å²) < 4.78 is 24.9. The van der Waals surface area contributed by atoms with Gasteiger partial charge >= 0.3 is 0 Å². The first-order valence-electron chi connectivity index (χ1n) is 14.8. The zero-order valence-corrected chi connectivity index (χ0v) is 24.3. The molecule has 1 aliphatic heterocycles. The largest absolute Gasteiger partial charge is 0.507 e. The minimum Gasteiger partial charge on any atom is -0.507 e. The number of phenols is 2. The van der Waals surface area contributed by atoms with Crippen molar-refractivity contribution in [2.24, 2.45) is 4.99 Å². The van der Waals surface area contributed by atoms with E-state index in [2.05, 4.69) is 11.7 Å². The van der Waals surface area contributed by atoms with Gasteiger partial charge in [-0.3, -0.25) is 4.99 Å². The highest BCUT2D eigenvalue weighted by atomic mass is 16.5. The van der Waals surface area contributed by atoms with Gasteiger partial charge in [-0.25, -0.2) is 15.0 Å². The number of hydrogen-bond donors (Lipinski definition) is 2. The number of nitrogens with zero attached hydrogens (tertiary/aromatic N) is 4. The molecule has 47 heavy (non-hydrogen) atoms. The van der Waals surface area contributed by atoms with Crippen molar-refractivity contribution in [2.75, 3.05) is 0 Å². The third-order valence-electron chi connectivity index (χ3n) is 8.76. The summed E-state index contributed by atoms with van der Waals surface area (Å²) in [6, 6.07) is 25.5. The normalized spacial score (nSPS) is 12.6. The van der Waals surface area contributed by atoms with E-state index in [0.717, 1.165) is 16.2 Å². The molecule has 0 radical (unpaired) electrons. The van der Waals surface area contributed by atoms with Crippen molar-refractivity contribution >= 4 is 67.2 Å². The number of hydrogen-bond acceptors (Lipinski definition) is 10. The molecular weight excluding hydrogens is 596 g/mol. The number of rotatable bonds is 1. The molecule has 9 aromatic rings. The predicted octanol–water partition coefficient (Wildman–Crippen LogP) is 9.05. The third kappa shape index (κ3) is 3.54. The van der Waals surface area contributed by atoms with E-state index in [9.17, 15) is 10.2 Å². The van der Waals surface area contributed by atoms with Crippen molar-refractivity contribution in [1.82, 2.24) is 15.0 Å². The molecule has 0 atom stereocenters. The van der Waals surface area contributed by atoms with Crippen LogP contribution in [0.4, 0.5) is 5.69 Å². The fraction of sp³-hybridized carbons (Fsp3) is 0.0270. The van der Waals surface area contributed by atoms with E-state index < -0.39 is 0 Å². The van der Waals surface area contributed by atoms with E-state index in [0.29, 0.717) is 72.4 Å². The Hall–Kier alpha value is -6.68. The first kappa shape index (κ1) is 25.6. The van der Waals surface area contributed by atoms with E-state index in [1.807, 2.05) is 54.6 Å². The monoisotopic (exact) mass is 616 g/mol. The summed E-state index contributed by atoms with van der Waals surface area (Å²) in [5.41, 5.74) is 5.29. The minimum atomic E-state index is -0.0974. The molecule has 224 valence electrons. The van der Waals surface area contributed by atoms with E-state index in [1.165, 1.54) is 0 Å². The number of ether oxygens (including phenoxy) is 1. The van der Waals surface area contributed by atoms with Crippen LogP contribution in [-0.4, -0.2) is 31.9 Å². The number of phenolic OH excluding ortho intramolecular Hbond substituents is 2. The molecule has 3 aromatic heterocycles. The lowest BCUT2D eigenvalue weighted by Gasteiger charge is -2.13. The summed E-state index contributed by atoms with van der Waals surface area (Å²) >= 11 is 0. The van der Waals surface area contributed by atoms with Gasteiger partial charge in [-0.2, -0.15) is 0 Å². The van der Waals surface area contributed by atoms with Gasteiger partial charge in [0.2, 0.25) is 17.7 Å². The molecule has 10 nitrogen and oxygen atoms in total. The number of fused-ring (bicyclic) bond motifs is 11. The van der Waals surface area contributed by atoms with E-state index in [-0.39, 0.29) is 35.8 Å². The smallest absolute Gasteiger partial charge is 0.231 e. The number of para-hydroxylation sites is 2. The van der Waals surface area contributed by atoms with Crippen molar-refractivity contribution in [3.63, 3.8) is 0 Å². The van der Waals surface area contributed by atoms with Crippen LogP contribution in [0.5, 0.6) is 17.2 Å². The van der Waals surface area contributed by atoms with Gasteiger partial charge in [0.05, 0.1) is 16.7 Å². The first-order chi connectivity index (χ1) is 23.1. The Bertz CT molecular complexity index is 2810. The maximum atomic E-state index is 11.6. The van der Waals surface area contributed by atoms with Gasteiger partial charge in [-0.15, -0.1) is 0 Å². The molecule has 0 saturated carbocycles. The van der Waals surface area contributed by atoms with Crippen LogP contribution < -0.4 is 4.74 Å². The van der Waals surface area contributed by atoms with Crippen molar-refractivity contribution in [3.8, 4) is 51.6 Å². The average Bonchev–Trinajstić information content (AvgIpc) is 3.83. The highest BCUT2D eigenvalue weighted by molar-refractivity contribution is 6.16. The first-order valence-corrected chi connectivity index (χ1v) is 14.8. The predicted molar refractivity (Wildman–Crippen MR) is 177 cm³/mol. The lowest BCUT2D eigenvalue weighted by molar-refractivity contribution is 0.301. The molecule has 0 saturated heterocycles. The summed E-state index contributed by atoms with van der Waals surface area (Å²) in [5.74, 6) is 0.994. The number of benzene rings is 6. The van der Waals surface area contributed by atoms with Crippen LogP contribution in [0.1, 0.15) is 5.56 Å². The zero-order valence-electron chi connectivity index (χ0n) is 24.3. The number of aromatic hydroxyl groups is 2. The summed E-state index contributed by atoms with van der Waals surface area (Å²) in [5, 5.41) is 26.1. The van der Waals surface area contributed by atoms with Crippen LogP contribution in [-0.2, 0) is 6.61 Å². The molecule has 0 spiro atoms. The Morgan fingerprint density at radius 3 is 1.64 bits per heavy atom. The summed E-state index contributed by atoms with van der Waals surface area (Å²) in [4.78, 5) is 18.8. The molecule has 1 aliphatic rings. The highest BCUT2D eigenvalue weighted by Crippen LogP contribution is 2.45. The van der Waals surface area contributed by atoms with Gasteiger partial charge in [-0.1, -0.05) is 42.5 Å². The molecule has 10 heteroatoms. The fourth-order valence-electron chi connectivity index (χ4n) is 6.50. The van der Waals surface area contributed by atoms with Crippen molar-refractivity contribution in [2.45, 2.75) is 6.61 Å². The maximum absolute atomic E-state index is 11.6. The number of aliphatic imine (C=N–C) groups is 1. The molecule has 0 fully saturated rings. The van der Waals surface area contributed by atoms with E-state index in [4.69, 9.17) is 32.9 Å². The summed E-state index contributed by atoms with van der Waals surface area (Å²) in [6.45, 7) is 3.84. The third-order valence-corrected chi connectivity index (χ3v) is 8.76. The van der Waals surface area contributed by atoms with Crippen LogP contribution in [0.25, 0.3) is 89.2 Å². The number of aromatic nitrogens is 3. The molecule has 12 bridgehead atoms. The van der Waals surface area contributed by atoms with E-state index in [1.54, 1.807) is 30.3 Å². The Morgan fingerprint density at radius 2 is 1.06 bits per heavy atom. The van der Waals surface area contributed by atoms with Gasteiger partial charge in [0, 0.05) is 16.3 Å². The molecule has 0 aliphatic carbocycles. The van der Waals surface area contributed by atoms with Crippen LogP contribution >= 0.6 is 0 Å². The van der Waals surface area contributed by atoms with Gasteiger partial charge < -0.3 is 28.2 Å². The van der Waals surface area contributed by atoms with Gasteiger partial charge in [-0.05, 0) is 60.0 Å². The van der Waals surface area contributed by atoms with Crippen molar-refractivity contribution in [3.05, 3.63) is 90.5 Å². The van der Waals surface area contributed by atoms with E-state index >= 15 is 0 Å². The van der Waals surface area contributed by atoms with Gasteiger partial charge in [0.15, 0.2) is 16.7 Å². The highest BCUT2D eigenvalue weighted by Gasteiger charge is 2.24. The zero-order chi connectivity index (χ0) is 31.4. The molecule has 10 rings (SSSR count). The Kier molecular flexibility index (Phi) is 5.00. The van der Waals surface area contributed by atoms with Crippen molar-refractivity contribution in [1.29, 1.82) is 0 Å². The average molecular weight is 617 g/mol. The standard InChI is InChI=1S/C37H20N4O6/c1-38-29-23-12-8-17-9-13-24-30(27(17)29)39-36(46-24)21-6-3-7-22(34(21)43)37-41-32-26(47-37)15-11-18-10-14-25-31(28(18)32)40-35(45-25)20-5-2-4-19(16-44-23)33(20)42/h2-15,42-43H,1,16H2. The number of oxazole rings is 3. The lowest BCUT2D eigenvalue weighted by atomic mass is 10.1. The minimum absolute atomic E-state index is 0.0182. The second-order valence-electron chi connectivity index (χ2n) is 11.4. The Morgan fingerprint density at radius 1 is 0.574 bits per heavy atom. The second kappa shape index (κ2) is 9.18. The van der Waals surface area contributed by atoms with Crippen LogP contribution in [0.15, 0.2) is 103 Å². The lowest BCUT2D eigenvalue weighted by Crippen LogP contribution is -1.97. The van der Waals surface area contributed by atoms with Crippen molar-refractivity contribution < 1.29 is 28.2 Å².